The van der Waals surface area contributed by atoms with Crippen LogP contribution in [0.2, 0.25) is 0 Å². The molecule has 104 valence electrons. The van der Waals surface area contributed by atoms with Gasteiger partial charge in [-0.1, -0.05) is 0 Å². The molecule has 1 aliphatic heterocycles. The van der Waals surface area contributed by atoms with Gasteiger partial charge < -0.3 is 14.8 Å². The third kappa shape index (κ3) is 2.49. The second-order valence-corrected chi connectivity index (χ2v) is 6.17. The van der Waals surface area contributed by atoms with Crippen molar-refractivity contribution in [2.75, 3.05) is 20.3 Å². The quantitative estimate of drug-likeness (QED) is 0.920. The zero-order valence-electron chi connectivity index (χ0n) is 11.2. The van der Waals surface area contributed by atoms with Crippen LogP contribution in [0.3, 0.4) is 0 Å². The van der Waals surface area contributed by atoms with Crippen LogP contribution < -0.4 is 10.1 Å². The highest BCUT2D eigenvalue weighted by Gasteiger charge is 2.27. The van der Waals surface area contributed by atoms with E-state index in [9.17, 15) is 4.79 Å². The van der Waals surface area contributed by atoms with Crippen LogP contribution in [0.1, 0.15) is 39.4 Å². The summed E-state index contributed by atoms with van der Waals surface area (Å²) in [6.45, 7) is 1.42. The Labute approximate surface area is 117 Å². The van der Waals surface area contributed by atoms with Gasteiger partial charge in [0.25, 0.3) is 5.91 Å². The van der Waals surface area contributed by atoms with E-state index in [1.54, 1.807) is 18.4 Å². The lowest BCUT2D eigenvalue weighted by molar-refractivity contribution is 0.0859. The first-order valence-corrected chi connectivity index (χ1v) is 7.69. The number of fused-ring (bicyclic) bond motifs is 1. The molecule has 2 heterocycles. The molecule has 5 heteroatoms. The monoisotopic (exact) mass is 281 g/mol. The number of aryl methyl sites for hydroxylation is 1. The molecule has 1 N–H and O–H groups in total. The van der Waals surface area contributed by atoms with Crippen molar-refractivity contribution in [2.24, 2.45) is 0 Å². The van der Waals surface area contributed by atoms with Crippen LogP contribution in [0.25, 0.3) is 0 Å². The molecule has 0 aromatic carbocycles. The molecule has 1 aromatic rings. The summed E-state index contributed by atoms with van der Waals surface area (Å²) >= 11 is 1.59. The second-order valence-electron chi connectivity index (χ2n) is 5.06. The van der Waals surface area contributed by atoms with Crippen molar-refractivity contribution in [3.05, 3.63) is 15.3 Å². The van der Waals surface area contributed by atoms with Crippen molar-refractivity contribution in [3.8, 4) is 5.75 Å². The van der Waals surface area contributed by atoms with Crippen LogP contribution >= 0.6 is 11.3 Å². The summed E-state index contributed by atoms with van der Waals surface area (Å²) in [5.74, 6) is 0.772. The molecular formula is C14H19NO3S. The van der Waals surface area contributed by atoms with Gasteiger partial charge in [-0.05, 0) is 32.1 Å². The maximum atomic E-state index is 12.3. The van der Waals surface area contributed by atoms with Crippen LogP contribution in [0.15, 0.2) is 0 Å². The van der Waals surface area contributed by atoms with Crippen molar-refractivity contribution in [2.45, 2.75) is 38.2 Å². The smallest absolute Gasteiger partial charge is 0.265 e. The summed E-state index contributed by atoms with van der Waals surface area (Å²) in [5, 5.41) is 2.97. The molecule has 1 aromatic heterocycles. The number of thiophene rings is 1. The summed E-state index contributed by atoms with van der Waals surface area (Å²) in [5.41, 5.74) is 1.25. The Morgan fingerprint density at radius 1 is 1.47 bits per heavy atom. The largest absolute Gasteiger partial charge is 0.495 e. The summed E-state index contributed by atoms with van der Waals surface area (Å²) in [7, 11) is 1.65. The van der Waals surface area contributed by atoms with Crippen molar-refractivity contribution in [3.63, 3.8) is 0 Å². The van der Waals surface area contributed by atoms with Crippen LogP contribution in [0, 0.1) is 0 Å². The van der Waals surface area contributed by atoms with Gasteiger partial charge in [0.15, 0.2) is 0 Å². The lowest BCUT2D eigenvalue weighted by Gasteiger charge is -2.11. The topological polar surface area (TPSA) is 47.6 Å². The van der Waals surface area contributed by atoms with Gasteiger partial charge in [-0.25, -0.2) is 0 Å². The predicted octanol–water partition coefficient (Wildman–Crippen LogP) is 2.15. The van der Waals surface area contributed by atoms with Crippen molar-refractivity contribution in [1.82, 2.24) is 5.32 Å². The Hall–Kier alpha value is -1.07. The molecule has 19 heavy (non-hydrogen) atoms. The molecule has 0 bridgehead atoms. The summed E-state index contributed by atoms with van der Waals surface area (Å²) in [6, 6.07) is 0. The van der Waals surface area contributed by atoms with Gasteiger partial charge in [0.05, 0.1) is 13.2 Å². The van der Waals surface area contributed by atoms with Gasteiger partial charge in [-0.3, -0.25) is 4.79 Å². The number of nitrogens with one attached hydrogen (secondary N) is 1. The van der Waals surface area contributed by atoms with Crippen LogP contribution in [-0.2, 0) is 17.6 Å². The number of amides is 1. The van der Waals surface area contributed by atoms with E-state index in [1.165, 1.54) is 16.9 Å². The molecular weight excluding hydrogens is 262 g/mol. The van der Waals surface area contributed by atoms with E-state index < -0.39 is 0 Å². The lowest BCUT2D eigenvalue weighted by Crippen LogP contribution is -2.31. The van der Waals surface area contributed by atoms with E-state index in [4.69, 9.17) is 9.47 Å². The highest BCUT2D eigenvalue weighted by atomic mass is 32.1. The Morgan fingerprint density at radius 2 is 2.37 bits per heavy atom. The third-order valence-corrected chi connectivity index (χ3v) is 5.07. The Bertz CT molecular complexity index is 477. The Balaban J connectivity index is 1.69. The standard InChI is InChI=1S/C14H19NO3S/c1-17-12-10-5-2-6-11(10)19-13(12)14(16)15-8-9-4-3-7-18-9/h9H,2-8H2,1H3,(H,15,16). The van der Waals surface area contributed by atoms with Crippen molar-refractivity contribution < 1.29 is 14.3 Å². The maximum Gasteiger partial charge on any atom is 0.265 e. The average molecular weight is 281 g/mol. The minimum absolute atomic E-state index is 0.0215. The normalized spacial score (nSPS) is 21.4. The fourth-order valence-electron chi connectivity index (χ4n) is 2.83. The first-order valence-electron chi connectivity index (χ1n) is 6.88. The van der Waals surface area contributed by atoms with E-state index in [-0.39, 0.29) is 12.0 Å². The van der Waals surface area contributed by atoms with Gasteiger partial charge in [0, 0.05) is 23.6 Å². The van der Waals surface area contributed by atoms with Crippen LogP contribution in [0.5, 0.6) is 5.75 Å². The molecule has 1 aliphatic carbocycles. The van der Waals surface area contributed by atoms with Gasteiger partial charge >= 0.3 is 0 Å². The minimum Gasteiger partial charge on any atom is -0.495 e. The van der Waals surface area contributed by atoms with E-state index in [0.29, 0.717) is 6.54 Å². The van der Waals surface area contributed by atoms with E-state index in [0.717, 1.165) is 42.9 Å². The number of methoxy groups -OCH3 is 1. The summed E-state index contributed by atoms with van der Waals surface area (Å²) in [6.07, 6.45) is 5.61. The minimum atomic E-state index is -0.0215. The fourth-order valence-corrected chi connectivity index (χ4v) is 4.11. The van der Waals surface area contributed by atoms with Crippen LogP contribution in [0.4, 0.5) is 0 Å². The molecule has 0 saturated carbocycles. The second kappa shape index (κ2) is 5.51. The molecule has 1 fully saturated rings. The molecule has 3 rings (SSSR count). The predicted molar refractivity (Wildman–Crippen MR) is 74.2 cm³/mol. The van der Waals surface area contributed by atoms with Gasteiger partial charge in [-0.15, -0.1) is 11.3 Å². The van der Waals surface area contributed by atoms with Gasteiger partial charge in [0.2, 0.25) is 0 Å². The zero-order valence-corrected chi connectivity index (χ0v) is 12.0. The molecule has 1 unspecified atom stereocenters. The number of hydrogen-bond acceptors (Lipinski definition) is 4. The molecule has 1 atom stereocenters. The molecule has 2 aliphatic rings. The van der Waals surface area contributed by atoms with Gasteiger partial charge in [-0.2, -0.15) is 0 Å². The third-order valence-electron chi connectivity index (χ3n) is 3.80. The molecule has 4 nitrogen and oxygen atoms in total. The molecule has 0 spiro atoms. The Kier molecular flexibility index (Phi) is 3.75. The van der Waals surface area contributed by atoms with E-state index >= 15 is 0 Å². The zero-order chi connectivity index (χ0) is 13.2. The number of ether oxygens (including phenoxy) is 2. The number of rotatable bonds is 4. The van der Waals surface area contributed by atoms with Crippen molar-refractivity contribution in [1.29, 1.82) is 0 Å². The summed E-state index contributed by atoms with van der Waals surface area (Å²) in [4.78, 5) is 14.3. The van der Waals surface area contributed by atoms with Gasteiger partial charge in [0.1, 0.15) is 10.6 Å². The highest BCUT2D eigenvalue weighted by Crippen LogP contribution is 2.40. The van der Waals surface area contributed by atoms with Crippen LogP contribution in [-0.4, -0.2) is 32.3 Å². The molecule has 0 radical (unpaired) electrons. The first-order chi connectivity index (χ1) is 9.29. The maximum absolute atomic E-state index is 12.3. The highest BCUT2D eigenvalue weighted by molar-refractivity contribution is 7.14. The number of carbonyl (C=O) groups excluding carboxylic acids is 1. The van der Waals surface area contributed by atoms with E-state index in [2.05, 4.69) is 5.32 Å². The number of carbonyl (C=O) groups is 1. The Morgan fingerprint density at radius 3 is 3.11 bits per heavy atom. The first kappa shape index (κ1) is 12.9. The average Bonchev–Trinajstić information content (AvgIpc) is 3.11. The van der Waals surface area contributed by atoms with Crippen molar-refractivity contribution >= 4 is 17.2 Å². The summed E-state index contributed by atoms with van der Waals surface area (Å²) < 4.78 is 11.0. The lowest BCUT2D eigenvalue weighted by atomic mass is 10.2. The van der Waals surface area contributed by atoms with E-state index in [1.807, 2.05) is 0 Å². The number of hydrogen-bond donors (Lipinski definition) is 1. The SMILES string of the molecule is COc1c(C(=O)NCC2CCCO2)sc2c1CCC2. The fraction of sp³-hybridized carbons (Fsp3) is 0.643. The molecule has 1 amide bonds. The molecule has 1 saturated heterocycles.